The molecule has 7 heteroatoms. The van der Waals surface area contributed by atoms with Crippen LogP contribution < -0.4 is 0 Å². The highest BCUT2D eigenvalue weighted by atomic mass is 19.4. The minimum Gasteiger partial charge on any atom is -0.374 e. The van der Waals surface area contributed by atoms with Gasteiger partial charge in [0.05, 0.1) is 0 Å². The van der Waals surface area contributed by atoms with Crippen LogP contribution in [0, 0.1) is 11.8 Å². The van der Waals surface area contributed by atoms with Gasteiger partial charge in [0, 0.05) is 0 Å². The van der Waals surface area contributed by atoms with E-state index in [-0.39, 0.29) is 5.92 Å². The van der Waals surface area contributed by atoms with Crippen LogP contribution in [0.25, 0.3) is 0 Å². The first-order valence-electron chi connectivity index (χ1n) is 6.38. The standard InChI is InChI=1S/C12H18F6O/c1-2-4-8-5-3-6-9(8)7-10(19,11(13,14)15)12(16,17)18/h8-9,19H,2-7H2,1H3. The third-order valence-electron chi connectivity index (χ3n) is 3.97. The molecule has 1 saturated carbocycles. The summed E-state index contributed by atoms with van der Waals surface area (Å²) in [6, 6.07) is 0. The van der Waals surface area contributed by atoms with Crippen molar-refractivity contribution in [1.82, 2.24) is 0 Å². The van der Waals surface area contributed by atoms with E-state index in [4.69, 9.17) is 0 Å². The number of hydrogen-bond donors (Lipinski definition) is 1. The third kappa shape index (κ3) is 3.35. The van der Waals surface area contributed by atoms with E-state index in [2.05, 4.69) is 0 Å². The van der Waals surface area contributed by atoms with E-state index in [0.717, 1.165) is 6.42 Å². The Morgan fingerprint density at radius 1 is 0.947 bits per heavy atom. The molecule has 1 aliphatic rings. The molecule has 0 radical (unpaired) electrons. The van der Waals surface area contributed by atoms with E-state index >= 15 is 0 Å². The molecule has 1 aliphatic carbocycles. The molecule has 2 atom stereocenters. The van der Waals surface area contributed by atoms with Crippen molar-refractivity contribution < 1.29 is 31.4 Å². The van der Waals surface area contributed by atoms with Gasteiger partial charge in [-0.05, 0) is 18.3 Å². The Morgan fingerprint density at radius 3 is 1.84 bits per heavy atom. The molecule has 0 aromatic carbocycles. The molecule has 2 unspecified atom stereocenters. The van der Waals surface area contributed by atoms with Crippen molar-refractivity contribution in [2.24, 2.45) is 11.8 Å². The highest BCUT2D eigenvalue weighted by Gasteiger charge is 2.70. The topological polar surface area (TPSA) is 20.2 Å². The van der Waals surface area contributed by atoms with Gasteiger partial charge >= 0.3 is 12.4 Å². The van der Waals surface area contributed by atoms with Crippen LogP contribution in [0.15, 0.2) is 0 Å². The van der Waals surface area contributed by atoms with Crippen LogP contribution in [0.2, 0.25) is 0 Å². The second-order valence-corrected chi connectivity index (χ2v) is 5.30. The summed E-state index contributed by atoms with van der Waals surface area (Å²) in [5.41, 5.74) is -4.58. The van der Waals surface area contributed by atoms with Gasteiger partial charge in [-0.3, -0.25) is 0 Å². The molecular weight excluding hydrogens is 274 g/mol. The Labute approximate surface area is 108 Å². The van der Waals surface area contributed by atoms with E-state index < -0.39 is 30.3 Å². The normalized spacial score (nSPS) is 25.9. The van der Waals surface area contributed by atoms with Crippen LogP contribution in [-0.4, -0.2) is 23.1 Å². The Balaban J connectivity index is 2.90. The van der Waals surface area contributed by atoms with E-state index in [1.165, 1.54) is 0 Å². The number of aliphatic hydroxyl groups is 1. The average molecular weight is 292 g/mol. The van der Waals surface area contributed by atoms with Gasteiger partial charge in [-0.2, -0.15) is 26.3 Å². The third-order valence-corrected chi connectivity index (χ3v) is 3.97. The summed E-state index contributed by atoms with van der Waals surface area (Å²) in [4.78, 5) is 0. The van der Waals surface area contributed by atoms with Crippen LogP contribution in [0.3, 0.4) is 0 Å². The van der Waals surface area contributed by atoms with E-state index in [0.29, 0.717) is 25.7 Å². The van der Waals surface area contributed by atoms with E-state index in [1.807, 2.05) is 6.92 Å². The molecule has 0 bridgehead atoms. The zero-order valence-electron chi connectivity index (χ0n) is 10.6. The van der Waals surface area contributed by atoms with Gasteiger partial charge in [-0.25, -0.2) is 0 Å². The van der Waals surface area contributed by atoms with Crippen LogP contribution in [0.4, 0.5) is 26.3 Å². The molecule has 1 fully saturated rings. The Hall–Kier alpha value is -0.460. The van der Waals surface area contributed by atoms with Gasteiger partial charge < -0.3 is 5.11 Å². The molecule has 0 amide bonds. The molecule has 0 aliphatic heterocycles. The SMILES string of the molecule is CCCC1CCCC1CC(O)(C(F)(F)F)C(F)(F)F. The highest BCUT2D eigenvalue weighted by molar-refractivity contribution is 4.97. The zero-order valence-corrected chi connectivity index (χ0v) is 10.6. The lowest BCUT2D eigenvalue weighted by Gasteiger charge is -2.35. The summed E-state index contributed by atoms with van der Waals surface area (Å²) in [5.74, 6) is -0.866. The molecule has 1 nitrogen and oxygen atoms in total. The molecule has 114 valence electrons. The molecule has 1 N–H and O–H groups in total. The lowest BCUT2D eigenvalue weighted by Crippen LogP contribution is -2.57. The number of hydrogen-bond acceptors (Lipinski definition) is 1. The maximum Gasteiger partial charge on any atom is 0.426 e. The van der Waals surface area contributed by atoms with Crippen molar-refractivity contribution >= 4 is 0 Å². The Bertz CT molecular complexity index is 282. The fourth-order valence-electron chi connectivity index (χ4n) is 2.90. The summed E-state index contributed by atoms with van der Waals surface area (Å²) >= 11 is 0. The largest absolute Gasteiger partial charge is 0.426 e. The predicted octanol–water partition coefficient (Wildman–Crippen LogP) is 4.45. The van der Waals surface area contributed by atoms with Crippen molar-refractivity contribution in [3.8, 4) is 0 Å². The lowest BCUT2D eigenvalue weighted by molar-refractivity contribution is -0.373. The minimum absolute atomic E-state index is 0.152. The monoisotopic (exact) mass is 292 g/mol. The summed E-state index contributed by atoms with van der Waals surface area (Å²) in [6.45, 7) is 1.84. The molecule has 1 rings (SSSR count). The summed E-state index contributed by atoms with van der Waals surface area (Å²) in [6.07, 6.45) is -9.74. The first-order valence-corrected chi connectivity index (χ1v) is 6.38. The van der Waals surface area contributed by atoms with Crippen LogP contribution in [-0.2, 0) is 0 Å². The number of rotatable bonds is 4. The molecule has 0 spiro atoms. The van der Waals surface area contributed by atoms with Crippen molar-refractivity contribution in [1.29, 1.82) is 0 Å². The van der Waals surface area contributed by atoms with Gasteiger partial charge in [0.1, 0.15) is 0 Å². The molecule has 0 aromatic heterocycles. The first-order chi connectivity index (χ1) is 8.53. The van der Waals surface area contributed by atoms with Crippen LogP contribution in [0.5, 0.6) is 0 Å². The van der Waals surface area contributed by atoms with Gasteiger partial charge in [-0.1, -0.05) is 39.0 Å². The van der Waals surface area contributed by atoms with Crippen LogP contribution >= 0.6 is 0 Å². The predicted molar refractivity (Wildman–Crippen MR) is 57.4 cm³/mol. The molecule has 0 saturated heterocycles. The molecular formula is C12H18F6O. The van der Waals surface area contributed by atoms with Crippen LogP contribution in [0.1, 0.15) is 45.4 Å². The summed E-state index contributed by atoms with van der Waals surface area (Å²) < 4.78 is 75.6. The summed E-state index contributed by atoms with van der Waals surface area (Å²) in [5, 5.41) is 9.18. The highest BCUT2D eigenvalue weighted by Crippen LogP contribution is 2.50. The van der Waals surface area contributed by atoms with Crippen molar-refractivity contribution in [3.05, 3.63) is 0 Å². The van der Waals surface area contributed by atoms with Gasteiger partial charge in [0.2, 0.25) is 0 Å². The molecule has 0 heterocycles. The molecule has 0 aromatic rings. The van der Waals surface area contributed by atoms with Gasteiger partial charge in [-0.15, -0.1) is 0 Å². The minimum atomic E-state index is -5.69. The molecule has 19 heavy (non-hydrogen) atoms. The fourth-order valence-corrected chi connectivity index (χ4v) is 2.90. The first kappa shape index (κ1) is 16.6. The van der Waals surface area contributed by atoms with Crippen molar-refractivity contribution in [2.75, 3.05) is 0 Å². The van der Waals surface area contributed by atoms with Crippen molar-refractivity contribution in [2.45, 2.75) is 63.4 Å². The van der Waals surface area contributed by atoms with Crippen molar-refractivity contribution in [3.63, 3.8) is 0 Å². The average Bonchev–Trinajstić information content (AvgIpc) is 2.63. The lowest BCUT2D eigenvalue weighted by atomic mass is 9.81. The van der Waals surface area contributed by atoms with E-state index in [1.54, 1.807) is 0 Å². The quantitative estimate of drug-likeness (QED) is 0.759. The van der Waals surface area contributed by atoms with Gasteiger partial charge in [0.15, 0.2) is 0 Å². The van der Waals surface area contributed by atoms with Gasteiger partial charge in [0.25, 0.3) is 5.60 Å². The Morgan fingerprint density at radius 2 is 1.42 bits per heavy atom. The second-order valence-electron chi connectivity index (χ2n) is 5.30. The number of alkyl halides is 6. The summed E-state index contributed by atoms with van der Waals surface area (Å²) in [7, 11) is 0. The second kappa shape index (κ2) is 5.50. The van der Waals surface area contributed by atoms with E-state index in [9.17, 15) is 31.4 Å². The smallest absolute Gasteiger partial charge is 0.374 e. The number of halogens is 6. The Kier molecular flexibility index (Phi) is 4.80. The zero-order chi connectivity index (χ0) is 14.9. The maximum absolute atomic E-state index is 12.6. The fraction of sp³-hybridized carbons (Fsp3) is 1.00. The maximum atomic E-state index is 12.6.